The first-order chi connectivity index (χ1) is 11.0. The number of rotatable bonds is 5. The van der Waals surface area contributed by atoms with Gasteiger partial charge in [-0.2, -0.15) is 0 Å². The van der Waals surface area contributed by atoms with Crippen LogP contribution in [0.25, 0.3) is 0 Å². The number of benzene rings is 1. The van der Waals surface area contributed by atoms with Gasteiger partial charge in [0.2, 0.25) is 0 Å². The van der Waals surface area contributed by atoms with E-state index < -0.39 is 0 Å². The molecule has 1 aromatic rings. The molecule has 1 fully saturated rings. The van der Waals surface area contributed by atoms with Crippen molar-refractivity contribution in [2.45, 2.75) is 25.9 Å². The van der Waals surface area contributed by atoms with E-state index in [0.717, 1.165) is 44.4 Å². The normalized spacial score (nSPS) is 16.4. The average Bonchev–Trinajstić information content (AvgIpc) is 2.56. The zero-order valence-corrected chi connectivity index (χ0v) is 17.0. The van der Waals surface area contributed by atoms with Crippen LogP contribution < -0.4 is 10.6 Å². The predicted molar refractivity (Wildman–Crippen MR) is 106 cm³/mol. The molecule has 0 saturated carbocycles. The van der Waals surface area contributed by atoms with Gasteiger partial charge in [0.25, 0.3) is 0 Å². The Balaban J connectivity index is 0.00000288. The number of nitrogens with zero attached hydrogens (tertiary/aromatic N) is 2. The van der Waals surface area contributed by atoms with Crippen molar-refractivity contribution in [2.75, 3.05) is 39.9 Å². The SMILES string of the molecule is CN=C(NCc1cccc(F)c1)NCC(C)(C)N1CCOCC1.I. The van der Waals surface area contributed by atoms with Crippen molar-refractivity contribution < 1.29 is 9.13 Å². The summed E-state index contributed by atoms with van der Waals surface area (Å²) in [5.74, 6) is 0.497. The van der Waals surface area contributed by atoms with Crippen LogP contribution in [0.15, 0.2) is 29.3 Å². The maximum absolute atomic E-state index is 13.2. The predicted octanol–water partition coefficient (Wildman–Crippen LogP) is 2.22. The molecular formula is C17H28FIN4O. The van der Waals surface area contributed by atoms with Crippen molar-refractivity contribution in [3.63, 3.8) is 0 Å². The van der Waals surface area contributed by atoms with E-state index in [4.69, 9.17) is 4.74 Å². The second kappa shape index (κ2) is 10.1. The fourth-order valence-electron chi connectivity index (χ4n) is 2.63. The molecule has 0 unspecified atom stereocenters. The molecule has 0 bridgehead atoms. The van der Waals surface area contributed by atoms with Gasteiger partial charge in [0.1, 0.15) is 5.82 Å². The van der Waals surface area contributed by atoms with E-state index in [9.17, 15) is 4.39 Å². The van der Waals surface area contributed by atoms with E-state index in [-0.39, 0.29) is 35.3 Å². The fourth-order valence-corrected chi connectivity index (χ4v) is 2.63. The number of morpholine rings is 1. The van der Waals surface area contributed by atoms with Crippen LogP contribution in [0.2, 0.25) is 0 Å². The lowest BCUT2D eigenvalue weighted by molar-refractivity contribution is -0.00834. The van der Waals surface area contributed by atoms with E-state index in [0.29, 0.717) is 6.54 Å². The molecule has 24 heavy (non-hydrogen) atoms. The maximum atomic E-state index is 13.2. The van der Waals surface area contributed by atoms with Crippen molar-refractivity contribution in [2.24, 2.45) is 4.99 Å². The minimum absolute atomic E-state index is 0. The Morgan fingerprint density at radius 2 is 2.00 bits per heavy atom. The van der Waals surface area contributed by atoms with Crippen molar-refractivity contribution in [3.05, 3.63) is 35.6 Å². The zero-order chi connectivity index (χ0) is 16.7. The average molecular weight is 450 g/mol. The fraction of sp³-hybridized carbons (Fsp3) is 0.588. The van der Waals surface area contributed by atoms with E-state index in [1.165, 1.54) is 12.1 Å². The molecule has 0 amide bonds. The van der Waals surface area contributed by atoms with Crippen LogP contribution in [-0.4, -0.2) is 56.3 Å². The topological polar surface area (TPSA) is 48.9 Å². The van der Waals surface area contributed by atoms with Crippen LogP contribution in [0.1, 0.15) is 19.4 Å². The molecule has 2 N–H and O–H groups in total. The smallest absolute Gasteiger partial charge is 0.191 e. The van der Waals surface area contributed by atoms with Crippen molar-refractivity contribution in [3.8, 4) is 0 Å². The Labute approximate surface area is 161 Å². The first-order valence-electron chi connectivity index (χ1n) is 8.03. The van der Waals surface area contributed by atoms with Gasteiger partial charge in [-0.25, -0.2) is 4.39 Å². The lowest BCUT2D eigenvalue weighted by Gasteiger charge is -2.41. The van der Waals surface area contributed by atoms with Crippen LogP contribution in [-0.2, 0) is 11.3 Å². The van der Waals surface area contributed by atoms with E-state index in [1.807, 2.05) is 6.07 Å². The van der Waals surface area contributed by atoms with Gasteiger partial charge in [-0.3, -0.25) is 9.89 Å². The van der Waals surface area contributed by atoms with Gasteiger partial charge in [-0.05, 0) is 31.5 Å². The highest BCUT2D eigenvalue weighted by atomic mass is 127. The zero-order valence-electron chi connectivity index (χ0n) is 14.6. The third-order valence-electron chi connectivity index (χ3n) is 4.13. The minimum Gasteiger partial charge on any atom is -0.379 e. The van der Waals surface area contributed by atoms with Crippen LogP contribution >= 0.6 is 24.0 Å². The van der Waals surface area contributed by atoms with Gasteiger partial charge in [0, 0.05) is 38.8 Å². The molecule has 1 aliphatic rings. The number of nitrogens with one attached hydrogen (secondary N) is 2. The summed E-state index contributed by atoms with van der Waals surface area (Å²) in [6.07, 6.45) is 0. The molecule has 0 aliphatic carbocycles. The van der Waals surface area contributed by atoms with Gasteiger partial charge in [-0.1, -0.05) is 12.1 Å². The molecule has 7 heteroatoms. The van der Waals surface area contributed by atoms with Crippen molar-refractivity contribution in [1.29, 1.82) is 0 Å². The summed E-state index contributed by atoms with van der Waals surface area (Å²) in [7, 11) is 1.74. The highest BCUT2D eigenvalue weighted by molar-refractivity contribution is 14.0. The Kier molecular flexibility index (Phi) is 8.93. The first kappa shape index (κ1) is 21.1. The van der Waals surface area contributed by atoms with Crippen molar-refractivity contribution >= 4 is 29.9 Å². The third kappa shape index (κ3) is 6.52. The first-order valence-corrected chi connectivity index (χ1v) is 8.03. The molecule has 0 radical (unpaired) electrons. The highest BCUT2D eigenvalue weighted by Crippen LogP contribution is 2.15. The lowest BCUT2D eigenvalue weighted by Crippen LogP contribution is -2.56. The van der Waals surface area contributed by atoms with E-state index in [2.05, 4.69) is 34.4 Å². The molecule has 1 aromatic carbocycles. The summed E-state index contributed by atoms with van der Waals surface area (Å²) in [4.78, 5) is 6.65. The molecule has 0 aromatic heterocycles. The van der Waals surface area contributed by atoms with Gasteiger partial charge >= 0.3 is 0 Å². The van der Waals surface area contributed by atoms with Crippen LogP contribution in [0.4, 0.5) is 4.39 Å². The quantitative estimate of drug-likeness (QED) is 0.411. The monoisotopic (exact) mass is 450 g/mol. The molecule has 0 spiro atoms. The Morgan fingerprint density at radius 3 is 2.62 bits per heavy atom. The number of ether oxygens (including phenoxy) is 1. The number of guanidine groups is 1. The van der Waals surface area contributed by atoms with Crippen LogP contribution in [0.3, 0.4) is 0 Å². The summed E-state index contributed by atoms with van der Waals surface area (Å²) in [6, 6.07) is 6.57. The highest BCUT2D eigenvalue weighted by Gasteiger charge is 2.28. The van der Waals surface area contributed by atoms with Crippen molar-refractivity contribution in [1.82, 2.24) is 15.5 Å². The minimum atomic E-state index is -0.222. The molecular weight excluding hydrogens is 422 g/mol. The van der Waals surface area contributed by atoms with E-state index in [1.54, 1.807) is 13.1 Å². The Bertz CT molecular complexity index is 533. The number of hydrogen-bond donors (Lipinski definition) is 2. The van der Waals surface area contributed by atoms with Crippen LogP contribution in [0, 0.1) is 5.82 Å². The van der Waals surface area contributed by atoms with Crippen LogP contribution in [0.5, 0.6) is 0 Å². The van der Waals surface area contributed by atoms with E-state index >= 15 is 0 Å². The second-order valence-corrected chi connectivity index (χ2v) is 6.32. The molecule has 5 nitrogen and oxygen atoms in total. The van der Waals surface area contributed by atoms with Gasteiger partial charge in [0.05, 0.1) is 13.2 Å². The second-order valence-electron chi connectivity index (χ2n) is 6.32. The summed E-state index contributed by atoms with van der Waals surface area (Å²) >= 11 is 0. The van der Waals surface area contributed by atoms with Gasteiger partial charge in [0.15, 0.2) is 5.96 Å². The maximum Gasteiger partial charge on any atom is 0.191 e. The Hall–Kier alpha value is -0.930. The largest absolute Gasteiger partial charge is 0.379 e. The lowest BCUT2D eigenvalue weighted by atomic mass is 10.0. The standard InChI is InChI=1S/C17H27FN4O.HI/c1-17(2,22-7-9-23-10-8-22)13-21-16(19-3)20-12-14-5-4-6-15(18)11-14;/h4-6,11H,7-10,12-13H2,1-3H3,(H2,19,20,21);1H. The van der Waals surface area contributed by atoms with Gasteiger partial charge in [-0.15, -0.1) is 24.0 Å². The Morgan fingerprint density at radius 1 is 1.29 bits per heavy atom. The van der Waals surface area contributed by atoms with Gasteiger partial charge < -0.3 is 15.4 Å². The summed E-state index contributed by atoms with van der Waals surface area (Å²) in [6.45, 7) is 9.21. The molecule has 1 saturated heterocycles. The number of aliphatic imine (C=N–C) groups is 1. The molecule has 136 valence electrons. The summed E-state index contributed by atoms with van der Waals surface area (Å²) in [5.41, 5.74) is 0.903. The molecule has 2 rings (SSSR count). The molecule has 1 aliphatic heterocycles. The summed E-state index contributed by atoms with van der Waals surface area (Å²) < 4.78 is 18.6. The number of hydrogen-bond acceptors (Lipinski definition) is 3. The summed E-state index contributed by atoms with van der Waals surface area (Å²) in [5, 5.41) is 6.57. The molecule has 0 atom stereocenters. The molecule has 1 heterocycles. The number of halogens is 2. The third-order valence-corrected chi connectivity index (χ3v) is 4.13.